The molecule has 5 nitrogen and oxygen atoms in total. The molecule has 0 unspecified atom stereocenters. The number of carbonyl (C=O) groups is 1. The zero-order valence-electron chi connectivity index (χ0n) is 13.2. The lowest BCUT2D eigenvalue weighted by atomic mass is 10.3. The highest BCUT2D eigenvalue weighted by atomic mass is 32.2. The quantitative estimate of drug-likeness (QED) is 0.833. The molecule has 0 fully saturated rings. The lowest BCUT2D eigenvalue weighted by molar-refractivity contribution is -0.117. The number of amides is 1. The Morgan fingerprint density at radius 2 is 1.83 bits per heavy atom. The van der Waals surface area contributed by atoms with Gasteiger partial charge in [0.15, 0.2) is 0 Å². The van der Waals surface area contributed by atoms with Gasteiger partial charge in [-0.3, -0.25) is 4.79 Å². The van der Waals surface area contributed by atoms with Crippen molar-refractivity contribution in [3.63, 3.8) is 0 Å². The van der Waals surface area contributed by atoms with Crippen LogP contribution in [0.1, 0.15) is 18.7 Å². The van der Waals surface area contributed by atoms with Crippen LogP contribution in [0.5, 0.6) is 0 Å². The Hall–Kier alpha value is -1.70. The summed E-state index contributed by atoms with van der Waals surface area (Å²) in [5.74, 6) is -0.283. The van der Waals surface area contributed by atoms with Crippen LogP contribution in [0.4, 0.5) is 5.69 Å². The lowest BCUT2D eigenvalue weighted by Gasteiger charge is -2.21. The van der Waals surface area contributed by atoms with Gasteiger partial charge in [-0.1, -0.05) is 25.1 Å². The van der Waals surface area contributed by atoms with Gasteiger partial charge in [-0.05, 0) is 37.6 Å². The Morgan fingerprint density at radius 1 is 1.13 bits per heavy atom. The normalized spacial score (nSPS) is 11.4. The van der Waals surface area contributed by atoms with Crippen molar-refractivity contribution >= 4 is 33.0 Å². The van der Waals surface area contributed by atoms with E-state index < -0.39 is 10.0 Å². The van der Waals surface area contributed by atoms with Crippen molar-refractivity contribution in [3.8, 4) is 0 Å². The van der Waals surface area contributed by atoms with E-state index in [1.54, 1.807) is 17.0 Å². The van der Waals surface area contributed by atoms with Gasteiger partial charge in [0.25, 0.3) is 10.0 Å². The Kier molecular flexibility index (Phi) is 5.92. The van der Waals surface area contributed by atoms with Crippen molar-refractivity contribution in [2.45, 2.75) is 24.5 Å². The van der Waals surface area contributed by atoms with Gasteiger partial charge in [-0.15, -0.1) is 11.3 Å². The number of thiophene rings is 1. The number of anilines is 1. The second kappa shape index (κ2) is 7.72. The number of nitrogens with zero attached hydrogens (tertiary/aromatic N) is 1. The van der Waals surface area contributed by atoms with Gasteiger partial charge >= 0.3 is 0 Å². The van der Waals surface area contributed by atoms with Crippen molar-refractivity contribution < 1.29 is 13.2 Å². The summed E-state index contributed by atoms with van der Waals surface area (Å²) in [6, 6.07) is 12.6. The van der Waals surface area contributed by atoms with Gasteiger partial charge in [0.2, 0.25) is 5.91 Å². The zero-order valence-corrected chi connectivity index (χ0v) is 14.8. The molecular weight excluding hydrogens is 332 g/mol. The maximum atomic E-state index is 12.3. The monoisotopic (exact) mass is 352 g/mol. The maximum absolute atomic E-state index is 12.3. The second-order valence-electron chi connectivity index (χ2n) is 4.87. The summed E-state index contributed by atoms with van der Waals surface area (Å²) < 4.78 is 27.1. The lowest BCUT2D eigenvalue weighted by Crippen LogP contribution is -2.40. The number of likely N-dealkylation sites (N-methyl/N-ethyl adjacent to an activating group) is 1. The molecule has 1 aromatic heterocycles. The second-order valence-corrected chi connectivity index (χ2v) is 8.03. The first-order chi connectivity index (χ1) is 11.0. The van der Waals surface area contributed by atoms with E-state index in [2.05, 4.69) is 4.72 Å². The Balaban J connectivity index is 2.05. The number of hydrogen-bond acceptors (Lipinski definition) is 4. The Morgan fingerprint density at radius 3 is 2.39 bits per heavy atom. The molecule has 2 rings (SSSR count). The molecule has 0 saturated heterocycles. The highest BCUT2D eigenvalue weighted by Gasteiger charge is 2.20. The molecule has 2 aromatic rings. The van der Waals surface area contributed by atoms with Crippen molar-refractivity contribution in [2.75, 3.05) is 18.0 Å². The number of sulfonamides is 1. The van der Waals surface area contributed by atoms with Gasteiger partial charge in [0.05, 0.1) is 6.54 Å². The van der Waals surface area contributed by atoms with E-state index in [1.165, 1.54) is 11.3 Å². The van der Waals surface area contributed by atoms with E-state index in [1.807, 2.05) is 44.2 Å². The number of para-hydroxylation sites is 1. The van der Waals surface area contributed by atoms with Gasteiger partial charge in [0, 0.05) is 17.1 Å². The van der Waals surface area contributed by atoms with Gasteiger partial charge in [-0.25, -0.2) is 13.1 Å². The fourth-order valence-electron chi connectivity index (χ4n) is 2.13. The van der Waals surface area contributed by atoms with Gasteiger partial charge in [-0.2, -0.15) is 0 Å². The topological polar surface area (TPSA) is 66.5 Å². The molecule has 0 saturated carbocycles. The zero-order chi connectivity index (χ0) is 16.9. The third kappa shape index (κ3) is 4.40. The minimum atomic E-state index is -3.65. The number of carbonyl (C=O) groups excluding carboxylic acids is 1. The Labute approximate surface area is 141 Å². The minimum absolute atomic E-state index is 0.241. The van der Waals surface area contributed by atoms with E-state index in [-0.39, 0.29) is 16.7 Å². The van der Waals surface area contributed by atoms with Crippen LogP contribution < -0.4 is 9.62 Å². The maximum Gasteiger partial charge on any atom is 0.250 e. The average molecular weight is 352 g/mol. The number of rotatable bonds is 7. The molecular formula is C16H20N2O3S2. The van der Waals surface area contributed by atoms with Crippen LogP contribution in [0.2, 0.25) is 0 Å². The molecule has 7 heteroatoms. The molecule has 124 valence electrons. The largest absolute Gasteiger partial charge is 0.312 e. The SMILES string of the molecule is CCc1ccc(S(=O)(=O)NCC(=O)N(CC)c2ccccc2)s1. The number of aryl methyl sites for hydroxylation is 1. The van der Waals surface area contributed by atoms with Crippen LogP contribution in [0, 0.1) is 0 Å². The summed E-state index contributed by atoms with van der Waals surface area (Å²) in [5, 5.41) is 0. The predicted molar refractivity (Wildman–Crippen MR) is 93.4 cm³/mol. The third-order valence-corrected chi connectivity index (χ3v) is 6.47. The third-order valence-electron chi connectivity index (χ3n) is 3.35. The number of hydrogen-bond donors (Lipinski definition) is 1. The Bertz CT molecular complexity index is 755. The highest BCUT2D eigenvalue weighted by molar-refractivity contribution is 7.91. The molecule has 1 amide bonds. The van der Waals surface area contributed by atoms with Crippen LogP contribution in [-0.4, -0.2) is 27.4 Å². The predicted octanol–water partition coefficient (Wildman–Crippen LogP) is 2.64. The summed E-state index contributed by atoms with van der Waals surface area (Å²) >= 11 is 1.23. The van der Waals surface area contributed by atoms with E-state index in [9.17, 15) is 13.2 Å². The van der Waals surface area contributed by atoms with Crippen LogP contribution in [0.15, 0.2) is 46.7 Å². The van der Waals surface area contributed by atoms with Crippen molar-refractivity contribution in [3.05, 3.63) is 47.3 Å². The average Bonchev–Trinajstić information content (AvgIpc) is 3.05. The first kappa shape index (κ1) is 17.7. The molecule has 1 N–H and O–H groups in total. The van der Waals surface area contributed by atoms with Crippen LogP contribution >= 0.6 is 11.3 Å². The fraction of sp³-hybridized carbons (Fsp3) is 0.312. The molecule has 1 aromatic carbocycles. The molecule has 0 aliphatic carbocycles. The molecule has 1 heterocycles. The van der Waals surface area contributed by atoms with E-state index >= 15 is 0 Å². The summed E-state index contributed by atoms with van der Waals surface area (Å²) in [6.45, 7) is 4.04. The van der Waals surface area contributed by atoms with E-state index in [0.717, 1.165) is 17.0 Å². The first-order valence-electron chi connectivity index (χ1n) is 7.41. The standard InChI is InChI=1S/C16H20N2O3S2/c1-3-14-10-11-16(22-14)23(20,21)17-12-15(19)18(4-2)13-8-6-5-7-9-13/h5-11,17H,3-4,12H2,1-2H3. The molecule has 0 radical (unpaired) electrons. The number of nitrogens with one attached hydrogen (secondary N) is 1. The molecule has 0 spiro atoms. The van der Waals surface area contributed by atoms with E-state index in [4.69, 9.17) is 0 Å². The van der Waals surface area contributed by atoms with Gasteiger partial charge < -0.3 is 4.90 Å². The molecule has 0 bridgehead atoms. The van der Waals surface area contributed by atoms with Crippen LogP contribution in [0.25, 0.3) is 0 Å². The smallest absolute Gasteiger partial charge is 0.250 e. The summed E-state index contributed by atoms with van der Waals surface area (Å²) in [5.41, 5.74) is 0.753. The van der Waals surface area contributed by atoms with Crippen molar-refractivity contribution in [1.82, 2.24) is 4.72 Å². The fourth-order valence-corrected chi connectivity index (χ4v) is 4.44. The van der Waals surface area contributed by atoms with Crippen molar-refractivity contribution in [2.24, 2.45) is 0 Å². The summed E-state index contributed by atoms with van der Waals surface area (Å²) in [7, 11) is -3.65. The molecule has 0 aliphatic heterocycles. The summed E-state index contributed by atoms with van der Waals surface area (Å²) in [4.78, 5) is 14.9. The van der Waals surface area contributed by atoms with Gasteiger partial charge in [0.1, 0.15) is 4.21 Å². The summed E-state index contributed by atoms with van der Waals surface area (Å²) in [6.07, 6.45) is 0.788. The molecule has 0 aliphatic rings. The molecule has 23 heavy (non-hydrogen) atoms. The van der Waals surface area contributed by atoms with Crippen LogP contribution in [0.3, 0.4) is 0 Å². The number of benzene rings is 1. The highest BCUT2D eigenvalue weighted by Crippen LogP contribution is 2.21. The molecule has 0 atom stereocenters. The first-order valence-corrected chi connectivity index (χ1v) is 9.71. The minimum Gasteiger partial charge on any atom is -0.312 e. The van der Waals surface area contributed by atoms with E-state index in [0.29, 0.717) is 6.54 Å². The van der Waals surface area contributed by atoms with Crippen molar-refractivity contribution in [1.29, 1.82) is 0 Å². The van der Waals surface area contributed by atoms with Crippen LogP contribution in [-0.2, 0) is 21.2 Å².